The molecule has 0 aromatic heterocycles. The Morgan fingerprint density at radius 1 is 1.24 bits per heavy atom. The van der Waals surface area contributed by atoms with Crippen molar-refractivity contribution in [2.75, 3.05) is 18.5 Å². The van der Waals surface area contributed by atoms with Crippen molar-refractivity contribution in [3.8, 4) is 0 Å². The van der Waals surface area contributed by atoms with Crippen molar-refractivity contribution in [2.24, 2.45) is 5.92 Å². The molecule has 0 aliphatic carbocycles. The monoisotopic (exact) mass is 301 g/mol. The SMILES string of the molecule is O=C(CCC1CCOCC1)Nc1ccccc1C(F)(F)F. The molecule has 1 fully saturated rings. The van der Waals surface area contributed by atoms with Crippen LogP contribution in [-0.2, 0) is 15.7 Å². The predicted octanol–water partition coefficient (Wildman–Crippen LogP) is 3.85. The van der Waals surface area contributed by atoms with Crippen molar-refractivity contribution in [3.63, 3.8) is 0 Å². The Morgan fingerprint density at radius 3 is 2.57 bits per heavy atom. The first-order valence-electron chi connectivity index (χ1n) is 7.00. The second kappa shape index (κ2) is 6.93. The molecule has 1 N–H and O–H groups in total. The fourth-order valence-electron chi connectivity index (χ4n) is 2.42. The van der Waals surface area contributed by atoms with Gasteiger partial charge in [-0.15, -0.1) is 0 Å². The fraction of sp³-hybridized carbons (Fsp3) is 0.533. The van der Waals surface area contributed by atoms with Crippen LogP contribution in [0, 0.1) is 5.92 Å². The van der Waals surface area contributed by atoms with Gasteiger partial charge in [0.05, 0.1) is 11.3 Å². The zero-order valence-electron chi connectivity index (χ0n) is 11.6. The highest BCUT2D eigenvalue weighted by molar-refractivity contribution is 5.91. The summed E-state index contributed by atoms with van der Waals surface area (Å²) in [5.74, 6) is 0.0422. The van der Waals surface area contributed by atoms with Crippen LogP contribution in [0.15, 0.2) is 24.3 Å². The van der Waals surface area contributed by atoms with Gasteiger partial charge in [-0.05, 0) is 37.3 Å². The maximum Gasteiger partial charge on any atom is 0.418 e. The van der Waals surface area contributed by atoms with Gasteiger partial charge >= 0.3 is 6.18 Å². The number of hydrogen-bond acceptors (Lipinski definition) is 2. The van der Waals surface area contributed by atoms with Gasteiger partial charge in [0.25, 0.3) is 0 Å². The van der Waals surface area contributed by atoms with Crippen LogP contribution in [0.25, 0.3) is 0 Å². The third-order valence-electron chi connectivity index (χ3n) is 3.63. The van der Waals surface area contributed by atoms with Crippen molar-refractivity contribution in [1.82, 2.24) is 0 Å². The number of amides is 1. The summed E-state index contributed by atoms with van der Waals surface area (Å²) < 4.78 is 43.7. The number of carbonyl (C=O) groups is 1. The first-order valence-corrected chi connectivity index (χ1v) is 7.00. The first-order chi connectivity index (χ1) is 9.97. The van der Waals surface area contributed by atoms with Crippen molar-refractivity contribution in [3.05, 3.63) is 29.8 Å². The second-order valence-electron chi connectivity index (χ2n) is 5.19. The van der Waals surface area contributed by atoms with E-state index in [1.54, 1.807) is 0 Å². The van der Waals surface area contributed by atoms with Crippen LogP contribution in [0.2, 0.25) is 0 Å². The Hall–Kier alpha value is -1.56. The summed E-state index contributed by atoms with van der Waals surface area (Å²) in [6.07, 6.45) is -1.73. The van der Waals surface area contributed by atoms with Crippen LogP contribution in [0.4, 0.5) is 18.9 Å². The van der Waals surface area contributed by atoms with Gasteiger partial charge < -0.3 is 10.1 Å². The van der Waals surface area contributed by atoms with E-state index >= 15 is 0 Å². The molecule has 1 aliphatic heterocycles. The summed E-state index contributed by atoms with van der Waals surface area (Å²) >= 11 is 0. The first kappa shape index (κ1) is 15.8. The van der Waals surface area contributed by atoms with Crippen molar-refractivity contribution < 1.29 is 22.7 Å². The van der Waals surface area contributed by atoms with Gasteiger partial charge in [0.2, 0.25) is 5.91 Å². The Bertz CT molecular complexity index is 482. The van der Waals surface area contributed by atoms with Gasteiger partial charge in [0.15, 0.2) is 0 Å². The second-order valence-corrected chi connectivity index (χ2v) is 5.19. The molecule has 1 aromatic rings. The highest BCUT2D eigenvalue weighted by Crippen LogP contribution is 2.34. The molecule has 0 atom stereocenters. The van der Waals surface area contributed by atoms with Crippen LogP contribution in [0.5, 0.6) is 0 Å². The minimum absolute atomic E-state index is 0.179. The average Bonchev–Trinajstić information content (AvgIpc) is 2.46. The molecule has 2 rings (SSSR count). The molecular formula is C15H18F3NO2. The maximum atomic E-state index is 12.8. The Labute approximate surface area is 121 Å². The number of alkyl halides is 3. The number of carbonyl (C=O) groups excluding carboxylic acids is 1. The van der Waals surface area contributed by atoms with E-state index in [4.69, 9.17) is 4.74 Å². The molecule has 1 saturated heterocycles. The molecule has 0 unspecified atom stereocenters. The average molecular weight is 301 g/mol. The van der Waals surface area contributed by atoms with E-state index in [2.05, 4.69) is 5.32 Å². The molecule has 1 aliphatic rings. The molecular weight excluding hydrogens is 283 g/mol. The molecule has 6 heteroatoms. The van der Waals surface area contributed by atoms with Crippen molar-refractivity contribution >= 4 is 11.6 Å². The summed E-state index contributed by atoms with van der Waals surface area (Å²) in [6.45, 7) is 1.40. The number of nitrogens with one attached hydrogen (secondary N) is 1. The molecule has 0 bridgehead atoms. The van der Waals surface area contributed by atoms with E-state index in [1.165, 1.54) is 18.2 Å². The van der Waals surface area contributed by atoms with E-state index < -0.39 is 11.7 Å². The van der Waals surface area contributed by atoms with Crippen LogP contribution in [0.3, 0.4) is 0 Å². The van der Waals surface area contributed by atoms with Crippen LogP contribution in [0.1, 0.15) is 31.2 Å². The quantitative estimate of drug-likeness (QED) is 0.917. The number of ether oxygens (including phenoxy) is 1. The third kappa shape index (κ3) is 4.74. The van der Waals surface area contributed by atoms with Gasteiger partial charge in [0, 0.05) is 19.6 Å². The lowest BCUT2D eigenvalue weighted by molar-refractivity contribution is -0.137. The number of benzene rings is 1. The van der Waals surface area contributed by atoms with Gasteiger partial charge in [-0.1, -0.05) is 12.1 Å². The van der Waals surface area contributed by atoms with Gasteiger partial charge in [-0.25, -0.2) is 0 Å². The van der Waals surface area contributed by atoms with E-state index in [0.717, 1.165) is 18.9 Å². The van der Waals surface area contributed by atoms with Crippen LogP contribution in [-0.4, -0.2) is 19.1 Å². The zero-order valence-corrected chi connectivity index (χ0v) is 11.6. The molecule has 0 saturated carbocycles. The van der Waals surface area contributed by atoms with E-state index in [1.807, 2.05) is 0 Å². The summed E-state index contributed by atoms with van der Waals surface area (Å²) in [7, 11) is 0. The van der Waals surface area contributed by atoms with Crippen molar-refractivity contribution in [2.45, 2.75) is 31.9 Å². The zero-order chi connectivity index (χ0) is 15.3. The maximum absolute atomic E-state index is 12.8. The molecule has 1 heterocycles. The molecule has 3 nitrogen and oxygen atoms in total. The predicted molar refractivity (Wildman–Crippen MR) is 72.9 cm³/mol. The molecule has 0 radical (unpaired) electrons. The topological polar surface area (TPSA) is 38.3 Å². The van der Waals surface area contributed by atoms with E-state index in [-0.39, 0.29) is 18.0 Å². The fourth-order valence-corrected chi connectivity index (χ4v) is 2.42. The molecule has 1 amide bonds. The Morgan fingerprint density at radius 2 is 1.90 bits per heavy atom. The van der Waals surface area contributed by atoms with Crippen LogP contribution < -0.4 is 5.32 Å². The van der Waals surface area contributed by atoms with Gasteiger partial charge in [-0.2, -0.15) is 13.2 Å². The highest BCUT2D eigenvalue weighted by Gasteiger charge is 2.33. The lowest BCUT2D eigenvalue weighted by Crippen LogP contribution is -2.20. The number of anilines is 1. The Kier molecular flexibility index (Phi) is 5.22. The Balaban J connectivity index is 1.90. The number of hydrogen-bond donors (Lipinski definition) is 1. The molecule has 0 spiro atoms. The summed E-state index contributed by atoms with van der Waals surface area (Å²) in [5, 5.41) is 2.37. The largest absolute Gasteiger partial charge is 0.418 e. The van der Waals surface area contributed by atoms with E-state index in [9.17, 15) is 18.0 Å². The number of halogens is 3. The summed E-state index contributed by atoms with van der Waals surface area (Å²) in [5.41, 5.74) is -0.994. The number of rotatable bonds is 4. The van der Waals surface area contributed by atoms with Crippen molar-refractivity contribution in [1.29, 1.82) is 0 Å². The normalized spacial score (nSPS) is 16.7. The lowest BCUT2D eigenvalue weighted by atomic mass is 9.95. The lowest BCUT2D eigenvalue weighted by Gasteiger charge is -2.21. The standard InChI is InChI=1S/C15H18F3NO2/c16-15(17,18)12-3-1-2-4-13(12)19-14(20)6-5-11-7-9-21-10-8-11/h1-4,11H,5-10H2,(H,19,20). The van der Waals surface area contributed by atoms with Gasteiger partial charge in [0.1, 0.15) is 0 Å². The minimum Gasteiger partial charge on any atom is -0.381 e. The summed E-state index contributed by atoms with van der Waals surface area (Å²) in [6, 6.07) is 5.02. The minimum atomic E-state index is -4.47. The summed E-state index contributed by atoms with van der Waals surface area (Å²) in [4.78, 5) is 11.8. The van der Waals surface area contributed by atoms with Gasteiger partial charge in [-0.3, -0.25) is 4.79 Å². The highest BCUT2D eigenvalue weighted by atomic mass is 19.4. The number of para-hydroxylation sites is 1. The van der Waals surface area contributed by atoms with Crippen LogP contribution >= 0.6 is 0 Å². The molecule has 116 valence electrons. The smallest absolute Gasteiger partial charge is 0.381 e. The molecule has 1 aromatic carbocycles. The third-order valence-corrected chi connectivity index (χ3v) is 3.63. The van der Waals surface area contributed by atoms with E-state index in [0.29, 0.717) is 25.6 Å². The molecule has 21 heavy (non-hydrogen) atoms.